The van der Waals surface area contributed by atoms with Crippen LogP contribution in [0.25, 0.3) is 0 Å². The molecule has 0 aliphatic heterocycles. The van der Waals surface area contributed by atoms with E-state index >= 15 is 0 Å². The van der Waals surface area contributed by atoms with Gasteiger partial charge in [0.2, 0.25) is 10.0 Å². The van der Waals surface area contributed by atoms with Crippen molar-refractivity contribution in [3.8, 4) is 5.75 Å². The smallest absolute Gasteiger partial charge is 0.242 e. The Balaban J connectivity index is 2.11. The predicted octanol–water partition coefficient (Wildman–Crippen LogP) is 3.31. The summed E-state index contributed by atoms with van der Waals surface area (Å²) in [5.41, 5.74) is 0.876. The van der Waals surface area contributed by atoms with Gasteiger partial charge in [-0.25, -0.2) is 13.1 Å². The average Bonchev–Trinajstić information content (AvgIpc) is 2.77. The van der Waals surface area contributed by atoms with Crippen molar-refractivity contribution >= 4 is 37.3 Å². The van der Waals surface area contributed by atoms with Gasteiger partial charge in [0, 0.05) is 11.4 Å². The minimum Gasteiger partial charge on any atom is -0.497 e. The molecule has 1 N–H and O–H groups in total. The van der Waals surface area contributed by atoms with Crippen molar-refractivity contribution in [3.05, 3.63) is 44.6 Å². The van der Waals surface area contributed by atoms with E-state index in [1.54, 1.807) is 32.2 Å². The van der Waals surface area contributed by atoms with Crippen LogP contribution in [-0.4, -0.2) is 15.5 Å². The maximum Gasteiger partial charge on any atom is 0.242 e. The van der Waals surface area contributed by atoms with Gasteiger partial charge in [-0.1, -0.05) is 12.1 Å². The molecule has 1 aromatic heterocycles. The number of nitrogens with one attached hydrogen (secondary N) is 1. The Morgan fingerprint density at radius 1 is 1.30 bits per heavy atom. The molecular formula is C13H14BrNO3S2. The number of hydrogen-bond acceptors (Lipinski definition) is 4. The lowest BCUT2D eigenvalue weighted by Crippen LogP contribution is -2.23. The van der Waals surface area contributed by atoms with E-state index < -0.39 is 10.0 Å². The van der Waals surface area contributed by atoms with Gasteiger partial charge >= 0.3 is 0 Å². The number of ether oxygens (including phenoxy) is 1. The van der Waals surface area contributed by atoms with E-state index in [0.29, 0.717) is 4.90 Å². The predicted molar refractivity (Wildman–Crippen MR) is 83.8 cm³/mol. The van der Waals surface area contributed by atoms with E-state index in [0.717, 1.165) is 20.0 Å². The molecule has 2 rings (SSSR count). The van der Waals surface area contributed by atoms with Crippen molar-refractivity contribution < 1.29 is 13.2 Å². The van der Waals surface area contributed by atoms with Crippen LogP contribution in [0.2, 0.25) is 0 Å². The Hall–Kier alpha value is -0.890. The van der Waals surface area contributed by atoms with Crippen LogP contribution in [-0.2, 0) is 16.6 Å². The van der Waals surface area contributed by atoms with E-state index in [2.05, 4.69) is 20.7 Å². The highest BCUT2D eigenvalue weighted by Crippen LogP contribution is 2.29. The molecular weight excluding hydrogens is 362 g/mol. The minimum absolute atomic E-state index is 0.249. The van der Waals surface area contributed by atoms with Crippen LogP contribution < -0.4 is 9.46 Å². The molecule has 0 spiro atoms. The van der Waals surface area contributed by atoms with Gasteiger partial charge in [0.05, 0.1) is 15.8 Å². The molecule has 1 heterocycles. The minimum atomic E-state index is -3.48. The first-order valence-corrected chi connectivity index (χ1v) is 8.90. The van der Waals surface area contributed by atoms with Crippen LogP contribution in [0.15, 0.2) is 39.0 Å². The van der Waals surface area contributed by atoms with Crippen LogP contribution in [0.1, 0.15) is 10.4 Å². The third kappa shape index (κ3) is 3.60. The standard InChI is InChI=1S/C13H14BrNO3S2/c1-9-12(7-13(14)19-9)20(16,17)15-8-10-3-5-11(18-2)6-4-10/h3-7,15H,8H2,1-2H3. The first-order valence-electron chi connectivity index (χ1n) is 5.81. The van der Waals surface area contributed by atoms with Crippen molar-refractivity contribution in [3.63, 3.8) is 0 Å². The van der Waals surface area contributed by atoms with Gasteiger partial charge in [0.1, 0.15) is 5.75 Å². The summed E-state index contributed by atoms with van der Waals surface area (Å²) < 4.78 is 32.9. The number of rotatable bonds is 5. The Bertz CT molecular complexity index is 693. The second-order valence-electron chi connectivity index (χ2n) is 4.14. The summed E-state index contributed by atoms with van der Waals surface area (Å²) in [6.45, 7) is 2.04. The summed E-state index contributed by atoms with van der Waals surface area (Å²) in [7, 11) is -1.89. The number of aryl methyl sites for hydroxylation is 1. The fourth-order valence-electron chi connectivity index (χ4n) is 1.70. The van der Waals surface area contributed by atoms with Crippen LogP contribution in [0.5, 0.6) is 5.75 Å². The molecule has 0 unspecified atom stereocenters. The lowest BCUT2D eigenvalue weighted by Gasteiger charge is -2.07. The van der Waals surface area contributed by atoms with Gasteiger partial charge in [-0.05, 0) is 46.6 Å². The van der Waals surface area contributed by atoms with Crippen molar-refractivity contribution in [1.29, 1.82) is 0 Å². The van der Waals surface area contributed by atoms with Crippen molar-refractivity contribution in [2.24, 2.45) is 0 Å². The van der Waals surface area contributed by atoms with Gasteiger partial charge < -0.3 is 4.74 Å². The zero-order valence-corrected chi connectivity index (χ0v) is 14.2. The molecule has 0 bridgehead atoms. The number of halogens is 1. The third-order valence-electron chi connectivity index (χ3n) is 2.76. The molecule has 0 fully saturated rings. The summed E-state index contributed by atoms with van der Waals surface area (Å²) in [6.07, 6.45) is 0. The summed E-state index contributed by atoms with van der Waals surface area (Å²) in [5, 5.41) is 0. The van der Waals surface area contributed by atoms with Crippen LogP contribution in [0.3, 0.4) is 0 Å². The number of sulfonamides is 1. The topological polar surface area (TPSA) is 55.4 Å². The van der Waals surface area contributed by atoms with Crippen LogP contribution >= 0.6 is 27.3 Å². The molecule has 2 aromatic rings. The van der Waals surface area contributed by atoms with Crippen molar-refractivity contribution in [2.75, 3.05) is 7.11 Å². The fourth-order valence-corrected chi connectivity index (χ4v) is 5.13. The Labute approximate surface area is 131 Å². The van der Waals surface area contributed by atoms with E-state index in [1.807, 2.05) is 12.1 Å². The molecule has 4 nitrogen and oxygen atoms in total. The van der Waals surface area contributed by atoms with Crippen molar-refractivity contribution in [2.45, 2.75) is 18.4 Å². The zero-order chi connectivity index (χ0) is 14.8. The lowest BCUT2D eigenvalue weighted by atomic mass is 10.2. The van der Waals surface area contributed by atoms with Gasteiger partial charge in [0.15, 0.2) is 0 Å². The third-order valence-corrected chi connectivity index (χ3v) is 5.97. The number of thiophene rings is 1. The van der Waals surface area contributed by atoms with Crippen LogP contribution in [0, 0.1) is 6.92 Å². The average molecular weight is 376 g/mol. The molecule has 0 radical (unpaired) electrons. The summed E-state index contributed by atoms with van der Waals surface area (Å²) in [5.74, 6) is 0.745. The molecule has 0 saturated carbocycles. The van der Waals surface area contributed by atoms with Gasteiger partial charge in [-0.15, -0.1) is 11.3 Å². The zero-order valence-electron chi connectivity index (χ0n) is 11.0. The van der Waals surface area contributed by atoms with Crippen molar-refractivity contribution in [1.82, 2.24) is 4.72 Å². The fraction of sp³-hybridized carbons (Fsp3) is 0.231. The van der Waals surface area contributed by atoms with E-state index in [-0.39, 0.29) is 6.54 Å². The number of benzene rings is 1. The molecule has 108 valence electrons. The Kier molecular flexibility index (Phi) is 4.85. The Morgan fingerprint density at radius 2 is 1.95 bits per heavy atom. The molecule has 1 aromatic carbocycles. The van der Waals surface area contributed by atoms with E-state index in [9.17, 15) is 8.42 Å². The Morgan fingerprint density at radius 3 is 2.45 bits per heavy atom. The first kappa shape index (κ1) is 15.5. The maximum atomic E-state index is 12.2. The van der Waals surface area contributed by atoms with Gasteiger partial charge in [-0.3, -0.25) is 0 Å². The quantitative estimate of drug-likeness (QED) is 0.871. The normalized spacial score (nSPS) is 11.6. The molecule has 0 saturated heterocycles. The second-order valence-corrected chi connectivity index (χ2v) is 8.51. The van der Waals surface area contributed by atoms with Gasteiger partial charge in [-0.2, -0.15) is 0 Å². The lowest BCUT2D eigenvalue weighted by molar-refractivity contribution is 0.414. The molecule has 7 heteroatoms. The highest BCUT2D eigenvalue weighted by molar-refractivity contribution is 9.11. The van der Waals surface area contributed by atoms with E-state index in [1.165, 1.54) is 11.3 Å². The second kappa shape index (κ2) is 6.26. The first-order chi connectivity index (χ1) is 9.42. The number of methoxy groups -OCH3 is 1. The molecule has 0 aliphatic rings. The summed E-state index contributed by atoms with van der Waals surface area (Å²) >= 11 is 4.70. The highest BCUT2D eigenvalue weighted by atomic mass is 79.9. The summed E-state index contributed by atoms with van der Waals surface area (Å²) in [4.78, 5) is 1.09. The SMILES string of the molecule is COc1ccc(CNS(=O)(=O)c2cc(Br)sc2C)cc1. The number of hydrogen-bond donors (Lipinski definition) is 1. The van der Waals surface area contributed by atoms with Gasteiger partial charge in [0.25, 0.3) is 0 Å². The van der Waals surface area contributed by atoms with Crippen LogP contribution in [0.4, 0.5) is 0 Å². The summed E-state index contributed by atoms with van der Waals surface area (Å²) in [6, 6.07) is 8.89. The molecule has 0 amide bonds. The highest BCUT2D eigenvalue weighted by Gasteiger charge is 2.19. The molecule has 0 atom stereocenters. The van der Waals surface area contributed by atoms with E-state index in [4.69, 9.17) is 4.74 Å². The largest absolute Gasteiger partial charge is 0.497 e. The molecule has 0 aliphatic carbocycles. The molecule has 20 heavy (non-hydrogen) atoms. The maximum absolute atomic E-state index is 12.2. The monoisotopic (exact) mass is 375 g/mol.